The normalized spacial score (nSPS) is 19.2. The van der Waals surface area contributed by atoms with Crippen LogP contribution in [0, 0.1) is 5.92 Å². The quantitative estimate of drug-likeness (QED) is 0.552. The summed E-state index contributed by atoms with van der Waals surface area (Å²) in [6.45, 7) is 1.11. The van der Waals surface area contributed by atoms with Gasteiger partial charge in [0.15, 0.2) is 5.11 Å². The molecule has 2 fully saturated rings. The Balaban J connectivity index is 1.51. The topological polar surface area (TPSA) is 87.7 Å². The van der Waals surface area contributed by atoms with Crippen molar-refractivity contribution in [2.75, 3.05) is 19.7 Å². The number of thiocarbonyl (C=S) groups is 1. The second-order valence-electron chi connectivity index (χ2n) is 6.73. The smallest absolute Gasteiger partial charge is 0.308 e. The molecule has 1 aliphatic carbocycles. The third-order valence-electron chi connectivity index (χ3n) is 4.63. The first-order chi connectivity index (χ1) is 13.0. The molecule has 7 nitrogen and oxygen atoms in total. The van der Waals surface area contributed by atoms with Gasteiger partial charge in [-0.05, 0) is 30.6 Å². The minimum Gasteiger partial charge on any atom is -0.465 e. The number of ether oxygens (including phenoxy) is 1. The van der Waals surface area contributed by atoms with E-state index in [0.29, 0.717) is 19.5 Å². The maximum atomic E-state index is 12.2. The summed E-state index contributed by atoms with van der Waals surface area (Å²) < 4.78 is 5.28. The number of nitrogens with one attached hydrogen (secondary N) is 2. The second kappa shape index (κ2) is 8.94. The van der Waals surface area contributed by atoms with Gasteiger partial charge in [-0.15, -0.1) is 0 Å². The lowest BCUT2D eigenvalue weighted by atomic mass is 10.1. The Bertz CT molecular complexity index is 721. The maximum absolute atomic E-state index is 12.2. The molecular weight excluding hydrogens is 366 g/mol. The van der Waals surface area contributed by atoms with E-state index in [-0.39, 0.29) is 35.9 Å². The van der Waals surface area contributed by atoms with Crippen molar-refractivity contribution in [1.29, 1.82) is 0 Å². The van der Waals surface area contributed by atoms with E-state index in [1.807, 2.05) is 30.3 Å². The lowest BCUT2D eigenvalue weighted by molar-refractivity contribution is -0.147. The second-order valence-corrected chi connectivity index (χ2v) is 7.12. The Kier molecular flexibility index (Phi) is 6.39. The zero-order valence-corrected chi connectivity index (χ0v) is 15.8. The van der Waals surface area contributed by atoms with Crippen LogP contribution in [-0.2, 0) is 25.5 Å². The van der Waals surface area contributed by atoms with Gasteiger partial charge in [0.25, 0.3) is 0 Å². The molecule has 0 bridgehead atoms. The molecule has 8 heteroatoms. The van der Waals surface area contributed by atoms with Gasteiger partial charge in [0.1, 0.15) is 6.04 Å². The molecule has 144 valence electrons. The van der Waals surface area contributed by atoms with Crippen molar-refractivity contribution in [2.24, 2.45) is 5.92 Å². The van der Waals surface area contributed by atoms with Gasteiger partial charge < -0.3 is 20.3 Å². The van der Waals surface area contributed by atoms with Crippen LogP contribution >= 0.6 is 12.2 Å². The Hall–Kier alpha value is -2.48. The van der Waals surface area contributed by atoms with Crippen LogP contribution in [0.15, 0.2) is 30.3 Å². The van der Waals surface area contributed by atoms with Gasteiger partial charge in [0.2, 0.25) is 11.8 Å². The number of rotatable bonds is 6. The summed E-state index contributed by atoms with van der Waals surface area (Å²) in [7, 11) is 0. The summed E-state index contributed by atoms with van der Waals surface area (Å²) in [5.74, 6) is -0.850. The van der Waals surface area contributed by atoms with Crippen molar-refractivity contribution in [2.45, 2.75) is 31.7 Å². The molecule has 2 amide bonds. The van der Waals surface area contributed by atoms with Crippen molar-refractivity contribution in [3.05, 3.63) is 35.9 Å². The van der Waals surface area contributed by atoms with Crippen LogP contribution in [0.3, 0.4) is 0 Å². The minimum atomic E-state index is -0.769. The number of hydrogen-bond donors (Lipinski definition) is 2. The highest BCUT2D eigenvalue weighted by molar-refractivity contribution is 7.80. The lowest BCUT2D eigenvalue weighted by Crippen LogP contribution is -2.60. The van der Waals surface area contributed by atoms with Crippen LogP contribution in [0.25, 0.3) is 0 Å². The maximum Gasteiger partial charge on any atom is 0.308 e. The number of nitrogens with zero attached hydrogens (tertiary/aromatic N) is 1. The monoisotopic (exact) mass is 389 g/mol. The number of hydrogen-bond acceptors (Lipinski definition) is 5. The molecule has 2 aliphatic rings. The van der Waals surface area contributed by atoms with Gasteiger partial charge >= 0.3 is 5.97 Å². The molecule has 2 N–H and O–H groups in total. The van der Waals surface area contributed by atoms with Crippen molar-refractivity contribution < 1.29 is 19.1 Å². The van der Waals surface area contributed by atoms with Gasteiger partial charge in [0.05, 0.1) is 13.0 Å². The third-order valence-corrected chi connectivity index (χ3v) is 4.96. The largest absolute Gasteiger partial charge is 0.465 e. The number of esters is 1. The summed E-state index contributed by atoms with van der Waals surface area (Å²) in [6.07, 6.45) is 2.24. The number of benzene rings is 1. The average Bonchev–Trinajstić information content (AvgIpc) is 3.49. The van der Waals surface area contributed by atoms with Crippen LogP contribution in [0.1, 0.15) is 24.8 Å². The zero-order valence-electron chi connectivity index (χ0n) is 15.0. The van der Waals surface area contributed by atoms with Crippen molar-refractivity contribution in [3.63, 3.8) is 0 Å². The lowest BCUT2D eigenvalue weighted by Gasteiger charge is -2.36. The fourth-order valence-corrected chi connectivity index (χ4v) is 3.25. The minimum absolute atomic E-state index is 0.0166. The van der Waals surface area contributed by atoms with Crippen molar-refractivity contribution in [3.8, 4) is 0 Å². The van der Waals surface area contributed by atoms with Gasteiger partial charge in [-0.25, -0.2) is 0 Å². The molecule has 27 heavy (non-hydrogen) atoms. The molecule has 1 aromatic rings. The predicted molar refractivity (Wildman–Crippen MR) is 103 cm³/mol. The first-order valence-electron chi connectivity index (χ1n) is 9.13. The third kappa shape index (κ3) is 5.50. The van der Waals surface area contributed by atoms with Gasteiger partial charge in [-0.3, -0.25) is 14.4 Å². The molecule has 3 rings (SSSR count). The fourth-order valence-electron chi connectivity index (χ4n) is 2.93. The van der Waals surface area contributed by atoms with Crippen molar-refractivity contribution >= 4 is 35.1 Å². The molecule has 0 spiro atoms. The molecule has 0 radical (unpaired) electrons. The number of amides is 2. The number of piperazine rings is 1. The molecule has 1 saturated carbocycles. The Morgan fingerprint density at radius 3 is 2.70 bits per heavy atom. The summed E-state index contributed by atoms with van der Waals surface area (Å²) in [5.41, 5.74) is 1.08. The first-order valence-corrected chi connectivity index (χ1v) is 9.54. The van der Waals surface area contributed by atoms with Crippen molar-refractivity contribution in [1.82, 2.24) is 15.5 Å². The molecule has 1 unspecified atom stereocenters. The number of carbonyl (C=O) groups is 3. The van der Waals surface area contributed by atoms with E-state index >= 15 is 0 Å². The van der Waals surface area contributed by atoms with E-state index in [9.17, 15) is 14.4 Å². The highest BCUT2D eigenvalue weighted by Gasteiger charge is 2.36. The van der Waals surface area contributed by atoms with E-state index in [2.05, 4.69) is 10.6 Å². The summed E-state index contributed by atoms with van der Waals surface area (Å²) in [6, 6.07) is 8.94. The average molecular weight is 389 g/mol. The SMILES string of the molecule is O=C(CC1C(=O)NCCN1C(=S)NC(=O)C1CC1)OCCc1ccccc1. The number of carbonyl (C=O) groups excluding carboxylic acids is 3. The molecule has 1 atom stereocenters. The molecular formula is C19H23N3O4S. The molecule has 1 saturated heterocycles. The summed E-state index contributed by atoms with van der Waals surface area (Å²) in [5, 5.41) is 5.62. The molecule has 1 aromatic carbocycles. The fraction of sp³-hybridized carbons (Fsp3) is 0.474. The van der Waals surface area contributed by atoms with Crippen LogP contribution in [0.4, 0.5) is 0 Å². The molecule has 1 aliphatic heterocycles. The Labute approximate surface area is 163 Å². The predicted octanol–water partition coefficient (Wildman–Crippen LogP) is 0.774. The van der Waals surface area contributed by atoms with Gasteiger partial charge in [-0.2, -0.15) is 0 Å². The Morgan fingerprint density at radius 2 is 2.00 bits per heavy atom. The van der Waals surface area contributed by atoms with E-state index in [0.717, 1.165) is 18.4 Å². The van der Waals surface area contributed by atoms with Gasteiger partial charge in [-0.1, -0.05) is 30.3 Å². The van der Waals surface area contributed by atoms with Crippen LogP contribution < -0.4 is 10.6 Å². The van der Waals surface area contributed by atoms with E-state index in [4.69, 9.17) is 17.0 Å². The molecule has 0 aromatic heterocycles. The highest BCUT2D eigenvalue weighted by atomic mass is 32.1. The highest BCUT2D eigenvalue weighted by Crippen LogP contribution is 2.28. The van der Waals surface area contributed by atoms with Crippen LogP contribution in [0.5, 0.6) is 0 Å². The summed E-state index contributed by atoms with van der Waals surface area (Å²) >= 11 is 5.29. The first kappa shape index (κ1) is 19.3. The summed E-state index contributed by atoms with van der Waals surface area (Å²) in [4.78, 5) is 38.0. The van der Waals surface area contributed by atoms with Crippen LogP contribution in [0.2, 0.25) is 0 Å². The van der Waals surface area contributed by atoms with Crippen LogP contribution in [-0.4, -0.2) is 53.5 Å². The van der Waals surface area contributed by atoms with Gasteiger partial charge in [0, 0.05) is 25.4 Å². The standard InChI is InChI=1S/C19H23N3O4S/c23-16(26-11-8-13-4-2-1-3-5-13)12-15-18(25)20-9-10-22(15)19(27)21-17(24)14-6-7-14/h1-5,14-15H,6-12H2,(H,20,25)(H,21,24,27). The van der Waals surface area contributed by atoms with E-state index in [1.54, 1.807) is 4.90 Å². The molecule has 1 heterocycles. The van der Waals surface area contributed by atoms with E-state index in [1.165, 1.54) is 0 Å². The Morgan fingerprint density at radius 1 is 1.26 bits per heavy atom. The van der Waals surface area contributed by atoms with E-state index < -0.39 is 12.0 Å². The zero-order chi connectivity index (χ0) is 19.2.